The van der Waals surface area contributed by atoms with Crippen molar-refractivity contribution in [2.45, 2.75) is 37.3 Å². The summed E-state index contributed by atoms with van der Waals surface area (Å²) < 4.78 is 52.6. The highest BCUT2D eigenvalue weighted by Gasteiger charge is 2.48. The summed E-state index contributed by atoms with van der Waals surface area (Å²) in [6.07, 6.45) is -4.78. The third-order valence-electron chi connectivity index (χ3n) is 5.27. The molecule has 8 nitrogen and oxygen atoms in total. The first-order valence-electron chi connectivity index (χ1n) is 9.83. The van der Waals surface area contributed by atoms with Crippen molar-refractivity contribution in [2.75, 3.05) is 0 Å². The van der Waals surface area contributed by atoms with Crippen LogP contribution in [-0.2, 0) is 16.1 Å². The Morgan fingerprint density at radius 1 is 1.15 bits per heavy atom. The van der Waals surface area contributed by atoms with Crippen molar-refractivity contribution in [3.63, 3.8) is 0 Å². The fourth-order valence-corrected chi connectivity index (χ4v) is 3.93. The van der Waals surface area contributed by atoms with Crippen LogP contribution in [0.3, 0.4) is 0 Å². The Balaban J connectivity index is 1.62. The lowest BCUT2D eigenvalue weighted by Gasteiger charge is -2.41. The third kappa shape index (κ3) is 4.78. The van der Waals surface area contributed by atoms with Gasteiger partial charge in [0.2, 0.25) is 0 Å². The van der Waals surface area contributed by atoms with Crippen LogP contribution in [0, 0.1) is 17.5 Å². The predicted octanol–water partition coefficient (Wildman–Crippen LogP) is 3.11. The molecule has 0 saturated carbocycles. The van der Waals surface area contributed by atoms with E-state index >= 15 is 0 Å². The zero-order chi connectivity index (χ0) is 24.6. The Kier molecular flexibility index (Phi) is 7.17. The van der Waals surface area contributed by atoms with Gasteiger partial charge >= 0.3 is 0 Å². The highest BCUT2D eigenvalue weighted by atomic mass is 35.5. The van der Waals surface area contributed by atoms with Gasteiger partial charge in [-0.3, -0.25) is 0 Å². The maximum atomic E-state index is 13.6. The van der Waals surface area contributed by atoms with Gasteiger partial charge in [0.05, 0.1) is 12.8 Å². The lowest BCUT2D eigenvalue weighted by Crippen LogP contribution is -2.57. The number of nitrogens with zero attached hydrogens (tertiary/aromatic N) is 3. The minimum Gasteiger partial charge on any atom is -0.500 e. The van der Waals surface area contributed by atoms with E-state index in [0.717, 1.165) is 16.8 Å². The molecule has 180 valence electrons. The van der Waals surface area contributed by atoms with Gasteiger partial charge in [0.1, 0.15) is 23.9 Å². The second kappa shape index (κ2) is 9.94. The van der Waals surface area contributed by atoms with Gasteiger partial charge in [0.25, 0.3) is 0 Å². The van der Waals surface area contributed by atoms with Crippen molar-refractivity contribution in [1.29, 1.82) is 0 Å². The summed E-state index contributed by atoms with van der Waals surface area (Å²) in [6, 6.07) is 6.97. The quantitative estimate of drug-likeness (QED) is 0.339. The van der Waals surface area contributed by atoms with Crippen LogP contribution in [0.25, 0.3) is 11.3 Å². The molecule has 5 atom stereocenters. The molecule has 0 aliphatic carbocycles. The number of ether oxygens (including phenoxy) is 2. The Morgan fingerprint density at radius 2 is 1.82 bits per heavy atom. The molecule has 1 aliphatic rings. The van der Waals surface area contributed by atoms with E-state index in [0.29, 0.717) is 10.6 Å². The maximum Gasteiger partial charge on any atom is 0.194 e. The number of benzene rings is 2. The van der Waals surface area contributed by atoms with Crippen molar-refractivity contribution >= 4 is 28.9 Å². The first-order valence-corrected chi connectivity index (χ1v) is 10.6. The number of hydrogen-bond acceptors (Lipinski definition) is 7. The monoisotopic (exact) mass is 515 g/mol. The summed E-state index contributed by atoms with van der Waals surface area (Å²) in [5.41, 5.74) is 0.397. The summed E-state index contributed by atoms with van der Waals surface area (Å²) in [4.78, 5) is 0. The minimum atomic E-state index is -1.63. The van der Waals surface area contributed by atoms with E-state index in [2.05, 4.69) is 10.3 Å². The lowest BCUT2D eigenvalue weighted by atomic mass is 9.96. The Bertz CT molecular complexity index is 1190. The average molecular weight is 516 g/mol. The maximum absolute atomic E-state index is 13.6. The lowest BCUT2D eigenvalue weighted by molar-refractivity contribution is -0.273. The molecule has 4 rings (SSSR count). The summed E-state index contributed by atoms with van der Waals surface area (Å²) >= 11 is 10.9. The molecule has 0 bridgehead atoms. The van der Waals surface area contributed by atoms with E-state index in [1.165, 1.54) is 6.20 Å². The predicted molar refractivity (Wildman–Crippen MR) is 117 cm³/mol. The number of hydrogen-bond donors (Lipinski definition) is 3. The van der Waals surface area contributed by atoms with Gasteiger partial charge in [0, 0.05) is 10.6 Å². The van der Waals surface area contributed by atoms with E-state index in [1.54, 1.807) is 24.3 Å². The molecule has 2 aromatic carbocycles. The number of aliphatic hydroxyl groups is 3. The molecule has 2 heterocycles. The van der Waals surface area contributed by atoms with E-state index in [4.69, 9.17) is 33.3 Å². The van der Waals surface area contributed by atoms with Gasteiger partial charge in [-0.05, 0) is 36.0 Å². The van der Waals surface area contributed by atoms with Gasteiger partial charge in [-0.1, -0.05) is 35.0 Å². The fraction of sp³-hybridized carbons (Fsp3) is 0.286. The highest BCUT2D eigenvalue weighted by Crippen LogP contribution is 2.33. The zero-order valence-electron chi connectivity index (χ0n) is 17.1. The molecule has 1 saturated heterocycles. The number of rotatable bonds is 6. The van der Waals surface area contributed by atoms with E-state index < -0.39 is 53.1 Å². The molecule has 0 amide bonds. The average Bonchev–Trinajstić information content (AvgIpc) is 3.27. The third-order valence-corrected chi connectivity index (χ3v) is 5.87. The molecule has 1 aliphatic heterocycles. The number of halogens is 4. The van der Waals surface area contributed by atoms with Crippen LogP contribution in [0.5, 0.6) is 0 Å². The Morgan fingerprint density at radius 3 is 2.47 bits per heavy atom. The van der Waals surface area contributed by atoms with Crippen molar-refractivity contribution in [3.8, 4) is 11.3 Å². The van der Waals surface area contributed by atoms with E-state index in [9.17, 15) is 28.5 Å². The van der Waals surface area contributed by atoms with Gasteiger partial charge < -0.3 is 24.8 Å². The van der Waals surface area contributed by atoms with Crippen LogP contribution in [0.4, 0.5) is 13.2 Å². The van der Waals surface area contributed by atoms with E-state index in [1.807, 2.05) is 0 Å². The topological polar surface area (TPSA) is 110 Å². The molecule has 13 heteroatoms. The summed E-state index contributed by atoms with van der Waals surface area (Å²) in [5.74, 6) is -4.48. The van der Waals surface area contributed by atoms with Gasteiger partial charge in [0.15, 0.2) is 34.9 Å². The first-order chi connectivity index (χ1) is 16.2. The molecule has 0 spiro atoms. The molecule has 34 heavy (non-hydrogen) atoms. The van der Waals surface area contributed by atoms with Crippen LogP contribution < -0.4 is 0 Å². The molecule has 0 radical (unpaired) electrons. The van der Waals surface area contributed by atoms with E-state index in [-0.39, 0.29) is 17.9 Å². The van der Waals surface area contributed by atoms with Crippen molar-refractivity contribution in [3.05, 3.63) is 70.6 Å². The largest absolute Gasteiger partial charge is 0.500 e. The van der Waals surface area contributed by atoms with Crippen molar-refractivity contribution in [1.82, 2.24) is 15.0 Å². The molecular weight excluding hydrogens is 499 g/mol. The zero-order valence-corrected chi connectivity index (χ0v) is 18.6. The van der Waals surface area contributed by atoms with Crippen molar-refractivity contribution < 1.29 is 38.0 Å². The Hall–Kier alpha value is -2.61. The standard InChI is InChI=1S/C21H17ClF3N3O5S/c22-11-4-2-1-3-9(11)8-32-21-18(30)16(17(29)19(33-21)20(31)34)28-7-14(26-27-28)10-5-12(23)15(25)13(24)6-10/h1-7,16-19,21,29-30H,8H2,(H,31,34)/t16-,17+,18+,19-,21-/m0/s1. The van der Waals surface area contributed by atoms with Crippen molar-refractivity contribution in [2.24, 2.45) is 0 Å². The van der Waals surface area contributed by atoms with Crippen LogP contribution in [-0.4, -0.2) is 60.0 Å². The summed E-state index contributed by atoms with van der Waals surface area (Å²) in [7, 11) is 0. The van der Waals surface area contributed by atoms with Crippen LogP contribution in [0.15, 0.2) is 42.6 Å². The molecular formula is C21H17ClF3N3O5S. The molecule has 1 fully saturated rings. The normalized spacial score (nSPS) is 24.8. The Labute approximate surface area is 201 Å². The molecule has 1 aromatic heterocycles. The number of aliphatic hydroxyl groups excluding tert-OH is 3. The molecule has 3 N–H and O–H groups in total. The molecule has 0 unspecified atom stereocenters. The second-order valence-electron chi connectivity index (χ2n) is 7.48. The minimum absolute atomic E-state index is 0.0691. The fourth-order valence-electron chi connectivity index (χ4n) is 3.55. The SMILES string of the molecule is OC(=S)[C@H]1O[C@H](OCc2ccccc2Cl)[C@H](O)[C@@H](n2cc(-c3cc(F)c(F)c(F)c3)nn2)[C@H]1O. The second-order valence-corrected chi connectivity index (χ2v) is 8.30. The summed E-state index contributed by atoms with van der Waals surface area (Å²) in [5, 5.41) is 38.7. The number of thiocarbonyl (C=S) groups is 1. The van der Waals surface area contributed by atoms with Gasteiger partial charge in [-0.15, -0.1) is 5.10 Å². The van der Waals surface area contributed by atoms with Crippen LogP contribution in [0.2, 0.25) is 5.02 Å². The van der Waals surface area contributed by atoms with Crippen LogP contribution in [0.1, 0.15) is 11.6 Å². The summed E-state index contributed by atoms with van der Waals surface area (Å²) in [6.45, 7) is -0.0775. The van der Waals surface area contributed by atoms with Gasteiger partial charge in [-0.2, -0.15) is 0 Å². The smallest absolute Gasteiger partial charge is 0.194 e. The molecule has 3 aromatic rings. The number of aromatic nitrogens is 3. The van der Waals surface area contributed by atoms with Gasteiger partial charge in [-0.25, -0.2) is 17.9 Å². The van der Waals surface area contributed by atoms with Crippen LogP contribution >= 0.6 is 23.8 Å². The first kappa shape index (κ1) is 24.5. The highest BCUT2D eigenvalue weighted by molar-refractivity contribution is 7.80.